The van der Waals surface area contributed by atoms with Gasteiger partial charge in [-0.3, -0.25) is 20.0 Å². The van der Waals surface area contributed by atoms with Crippen molar-refractivity contribution in [3.63, 3.8) is 0 Å². The van der Waals surface area contributed by atoms with E-state index in [1.165, 1.54) is 12.1 Å². The van der Waals surface area contributed by atoms with Gasteiger partial charge >= 0.3 is 0 Å². The molecule has 1 fully saturated rings. The highest BCUT2D eigenvalue weighted by molar-refractivity contribution is 5.85. The number of rotatable bonds is 5. The van der Waals surface area contributed by atoms with E-state index in [0.717, 1.165) is 55.1 Å². The van der Waals surface area contributed by atoms with E-state index >= 15 is 0 Å². The largest absolute Gasteiger partial charge is 0.369 e. The molecule has 1 aliphatic rings. The van der Waals surface area contributed by atoms with Crippen LogP contribution >= 0.6 is 12.4 Å². The Morgan fingerprint density at radius 3 is 2.23 bits per heavy atom. The minimum atomic E-state index is -0.379. The van der Waals surface area contributed by atoms with Crippen LogP contribution in [0.5, 0.6) is 0 Å². The summed E-state index contributed by atoms with van der Waals surface area (Å²) in [6.45, 7) is 4.33. The van der Waals surface area contributed by atoms with Crippen LogP contribution in [0.15, 0.2) is 67.0 Å². The zero-order valence-corrected chi connectivity index (χ0v) is 17.1. The Morgan fingerprint density at radius 1 is 0.933 bits per heavy atom. The van der Waals surface area contributed by atoms with Gasteiger partial charge in [-0.05, 0) is 41.5 Å². The Hall–Kier alpha value is -3.03. The fourth-order valence-electron chi connectivity index (χ4n) is 3.58. The molecule has 30 heavy (non-hydrogen) atoms. The standard InChI is InChI=1S/C22H21FN4O2.ClH/c23-20-3-1-18(2-4-20)19-13-17(14-24-15-19)16-25-9-11-26(12-10-25)21-5-7-22(8-6-21)27(28)29;/h1-8,13-15H,9-12,16H2;1H. The maximum Gasteiger partial charge on any atom is 0.269 e. The second-order valence-corrected chi connectivity index (χ2v) is 7.13. The first-order valence-electron chi connectivity index (χ1n) is 9.50. The van der Waals surface area contributed by atoms with Crippen molar-refractivity contribution in [1.82, 2.24) is 9.88 Å². The number of anilines is 1. The van der Waals surface area contributed by atoms with Gasteiger partial charge in [0.05, 0.1) is 4.92 Å². The molecule has 156 valence electrons. The summed E-state index contributed by atoms with van der Waals surface area (Å²) in [7, 11) is 0. The molecule has 0 radical (unpaired) electrons. The summed E-state index contributed by atoms with van der Waals surface area (Å²) >= 11 is 0. The van der Waals surface area contributed by atoms with E-state index in [1.807, 2.05) is 18.3 Å². The van der Waals surface area contributed by atoms with Gasteiger partial charge < -0.3 is 4.90 Å². The lowest BCUT2D eigenvalue weighted by Gasteiger charge is -2.36. The average Bonchev–Trinajstić information content (AvgIpc) is 2.75. The molecule has 2 aromatic carbocycles. The number of piperazine rings is 1. The van der Waals surface area contributed by atoms with Crippen molar-refractivity contribution in [3.8, 4) is 11.1 Å². The third-order valence-corrected chi connectivity index (χ3v) is 5.18. The first kappa shape index (κ1) is 21.7. The minimum Gasteiger partial charge on any atom is -0.369 e. The summed E-state index contributed by atoms with van der Waals surface area (Å²) in [5.41, 5.74) is 4.17. The number of nitro benzene ring substituents is 1. The Labute approximate surface area is 180 Å². The third-order valence-electron chi connectivity index (χ3n) is 5.18. The molecule has 2 heterocycles. The molecule has 0 bridgehead atoms. The Kier molecular flexibility index (Phi) is 6.97. The van der Waals surface area contributed by atoms with E-state index < -0.39 is 0 Å². The van der Waals surface area contributed by atoms with Crippen LogP contribution in [-0.4, -0.2) is 41.0 Å². The van der Waals surface area contributed by atoms with Crippen molar-refractivity contribution in [2.45, 2.75) is 6.54 Å². The number of nitrogens with zero attached hydrogens (tertiary/aromatic N) is 4. The first-order chi connectivity index (χ1) is 14.1. The van der Waals surface area contributed by atoms with Gasteiger partial charge in [-0.25, -0.2) is 4.39 Å². The van der Waals surface area contributed by atoms with Crippen molar-refractivity contribution in [1.29, 1.82) is 0 Å². The normalized spacial score (nSPS) is 14.2. The number of aromatic nitrogens is 1. The highest BCUT2D eigenvalue weighted by Crippen LogP contribution is 2.23. The monoisotopic (exact) mass is 428 g/mol. The molecule has 0 N–H and O–H groups in total. The Morgan fingerprint density at radius 2 is 1.60 bits per heavy atom. The maximum absolute atomic E-state index is 13.1. The van der Waals surface area contributed by atoms with Crippen molar-refractivity contribution in [3.05, 3.63) is 88.5 Å². The summed E-state index contributed by atoms with van der Waals surface area (Å²) in [5.74, 6) is -0.247. The van der Waals surface area contributed by atoms with E-state index in [2.05, 4.69) is 20.9 Å². The number of nitro groups is 1. The van der Waals surface area contributed by atoms with Crippen LogP contribution in [0.2, 0.25) is 0 Å². The molecule has 0 atom stereocenters. The van der Waals surface area contributed by atoms with Gasteiger partial charge in [0.1, 0.15) is 5.82 Å². The van der Waals surface area contributed by atoms with Gasteiger partial charge in [0, 0.05) is 68.5 Å². The molecule has 4 rings (SSSR count). The molecule has 1 aliphatic heterocycles. The van der Waals surface area contributed by atoms with Crippen LogP contribution in [-0.2, 0) is 6.54 Å². The van der Waals surface area contributed by atoms with Crippen molar-refractivity contribution >= 4 is 23.8 Å². The number of halogens is 2. The van der Waals surface area contributed by atoms with Crippen LogP contribution in [0.25, 0.3) is 11.1 Å². The lowest BCUT2D eigenvalue weighted by atomic mass is 10.1. The van der Waals surface area contributed by atoms with E-state index in [4.69, 9.17) is 0 Å². The topological polar surface area (TPSA) is 62.5 Å². The summed E-state index contributed by atoms with van der Waals surface area (Å²) in [6, 6.07) is 15.3. The van der Waals surface area contributed by atoms with E-state index in [1.54, 1.807) is 30.5 Å². The molecule has 0 amide bonds. The maximum atomic E-state index is 13.1. The van der Waals surface area contributed by atoms with Crippen LogP contribution in [0.3, 0.4) is 0 Å². The van der Waals surface area contributed by atoms with Crippen LogP contribution in [0.1, 0.15) is 5.56 Å². The van der Waals surface area contributed by atoms with Crippen LogP contribution in [0.4, 0.5) is 15.8 Å². The molecule has 0 unspecified atom stereocenters. The number of hydrogen-bond acceptors (Lipinski definition) is 5. The zero-order valence-electron chi connectivity index (χ0n) is 16.3. The average molecular weight is 429 g/mol. The molecule has 0 saturated carbocycles. The smallest absolute Gasteiger partial charge is 0.269 e. The molecular weight excluding hydrogens is 407 g/mol. The van der Waals surface area contributed by atoms with Crippen LogP contribution < -0.4 is 4.90 Å². The lowest BCUT2D eigenvalue weighted by molar-refractivity contribution is -0.384. The lowest BCUT2D eigenvalue weighted by Crippen LogP contribution is -2.45. The molecule has 8 heteroatoms. The molecule has 0 spiro atoms. The first-order valence-corrected chi connectivity index (χ1v) is 9.50. The number of benzene rings is 2. The van der Waals surface area contributed by atoms with E-state index in [9.17, 15) is 14.5 Å². The third kappa shape index (κ3) is 5.11. The van der Waals surface area contributed by atoms with Gasteiger partial charge in [-0.15, -0.1) is 12.4 Å². The molecular formula is C22H22ClFN4O2. The highest BCUT2D eigenvalue weighted by atomic mass is 35.5. The van der Waals surface area contributed by atoms with Crippen molar-refractivity contribution in [2.24, 2.45) is 0 Å². The molecule has 1 aromatic heterocycles. The van der Waals surface area contributed by atoms with Crippen molar-refractivity contribution < 1.29 is 9.31 Å². The van der Waals surface area contributed by atoms with Gasteiger partial charge in [-0.2, -0.15) is 0 Å². The van der Waals surface area contributed by atoms with Gasteiger partial charge in [0.2, 0.25) is 0 Å². The predicted octanol–water partition coefficient (Wildman–Crippen LogP) is 4.54. The fourth-order valence-corrected chi connectivity index (χ4v) is 3.58. The highest BCUT2D eigenvalue weighted by Gasteiger charge is 2.18. The zero-order chi connectivity index (χ0) is 20.2. The van der Waals surface area contributed by atoms with Crippen molar-refractivity contribution in [2.75, 3.05) is 31.1 Å². The SMILES string of the molecule is Cl.O=[N+]([O-])c1ccc(N2CCN(Cc3cncc(-c4ccc(F)cc4)c3)CC2)cc1. The molecule has 0 aliphatic carbocycles. The van der Waals surface area contributed by atoms with E-state index in [-0.39, 0.29) is 28.8 Å². The predicted molar refractivity (Wildman–Crippen MR) is 117 cm³/mol. The molecule has 3 aromatic rings. The Balaban J connectivity index is 0.00000256. The van der Waals surface area contributed by atoms with Gasteiger partial charge in [0.25, 0.3) is 5.69 Å². The summed E-state index contributed by atoms with van der Waals surface area (Å²) < 4.78 is 13.1. The summed E-state index contributed by atoms with van der Waals surface area (Å²) in [4.78, 5) is 19.4. The van der Waals surface area contributed by atoms with E-state index in [0.29, 0.717) is 0 Å². The number of pyridine rings is 1. The fraction of sp³-hybridized carbons (Fsp3) is 0.227. The second-order valence-electron chi connectivity index (χ2n) is 7.13. The van der Waals surface area contributed by atoms with Gasteiger partial charge in [0.15, 0.2) is 0 Å². The molecule has 1 saturated heterocycles. The molecule has 6 nitrogen and oxygen atoms in total. The van der Waals surface area contributed by atoms with Crippen LogP contribution in [0, 0.1) is 15.9 Å². The number of non-ortho nitro benzene ring substituents is 1. The van der Waals surface area contributed by atoms with Gasteiger partial charge in [-0.1, -0.05) is 12.1 Å². The summed E-state index contributed by atoms with van der Waals surface area (Å²) in [6.07, 6.45) is 3.67. The number of hydrogen-bond donors (Lipinski definition) is 0. The second kappa shape index (κ2) is 9.65. The summed E-state index contributed by atoms with van der Waals surface area (Å²) in [5, 5.41) is 10.8. The minimum absolute atomic E-state index is 0. The quantitative estimate of drug-likeness (QED) is 0.441. The Bertz CT molecular complexity index is 991.